The second-order valence-electron chi connectivity index (χ2n) is 8.85. The maximum absolute atomic E-state index is 12.0. The first kappa shape index (κ1) is 26.6. The largest absolute Gasteiger partial charge is 0.478 e. The molecule has 1 N–H and O–H groups in total. The highest BCUT2D eigenvalue weighted by Crippen LogP contribution is 2.22. The van der Waals surface area contributed by atoms with Gasteiger partial charge in [-0.25, -0.2) is 9.68 Å². The van der Waals surface area contributed by atoms with Gasteiger partial charge in [-0.05, 0) is 53.8 Å². The van der Waals surface area contributed by atoms with Crippen molar-refractivity contribution in [3.8, 4) is 12.0 Å². The SMILES string of the molecule is CCCCCCCC=C1C=CC=CC1C=c1ccc(C(=O)O)c(OOC#N)c1=Cc1ccccc1C. The molecule has 2 aromatic carbocycles. The van der Waals surface area contributed by atoms with Gasteiger partial charge in [-0.1, -0.05) is 99.4 Å². The third-order valence-electron chi connectivity index (χ3n) is 6.26. The summed E-state index contributed by atoms with van der Waals surface area (Å²) in [6.07, 6.45) is 23.2. The predicted octanol–water partition coefficient (Wildman–Crippen LogP) is 6.12. The summed E-state index contributed by atoms with van der Waals surface area (Å²) in [6, 6.07) is 11.1. The lowest BCUT2D eigenvalue weighted by Gasteiger charge is -2.14. The Bertz CT molecular complexity index is 1310. The van der Waals surface area contributed by atoms with Crippen molar-refractivity contribution < 1.29 is 19.7 Å². The monoisotopic (exact) mass is 483 g/mol. The van der Waals surface area contributed by atoms with Crippen molar-refractivity contribution in [3.63, 3.8) is 0 Å². The minimum absolute atomic E-state index is 0.00200. The molecule has 5 nitrogen and oxygen atoms in total. The summed E-state index contributed by atoms with van der Waals surface area (Å²) in [4.78, 5) is 21.7. The zero-order chi connectivity index (χ0) is 25.8. The van der Waals surface area contributed by atoms with Crippen LogP contribution in [0.3, 0.4) is 0 Å². The van der Waals surface area contributed by atoms with Crippen LogP contribution in [0.2, 0.25) is 0 Å². The number of hydrogen-bond donors (Lipinski definition) is 1. The van der Waals surface area contributed by atoms with E-state index in [0.717, 1.165) is 29.2 Å². The van der Waals surface area contributed by atoms with Crippen molar-refractivity contribution in [1.29, 1.82) is 5.26 Å². The van der Waals surface area contributed by atoms with Crippen LogP contribution in [0.1, 0.15) is 66.9 Å². The van der Waals surface area contributed by atoms with Crippen LogP contribution >= 0.6 is 0 Å². The Morgan fingerprint density at radius 1 is 1.11 bits per heavy atom. The summed E-state index contributed by atoms with van der Waals surface area (Å²) in [7, 11) is 0. The van der Waals surface area contributed by atoms with Crippen LogP contribution < -0.4 is 15.3 Å². The summed E-state index contributed by atoms with van der Waals surface area (Å²) < 4.78 is 0. The van der Waals surface area contributed by atoms with Crippen molar-refractivity contribution in [3.05, 3.63) is 99.5 Å². The molecule has 3 rings (SSSR count). The first-order chi connectivity index (χ1) is 17.5. The lowest BCUT2D eigenvalue weighted by atomic mass is 9.91. The lowest BCUT2D eigenvalue weighted by molar-refractivity contribution is -0.138. The van der Waals surface area contributed by atoms with Gasteiger partial charge in [0.05, 0.1) is 0 Å². The Morgan fingerprint density at radius 2 is 1.92 bits per heavy atom. The molecule has 0 spiro atoms. The number of aryl methyl sites for hydroxylation is 1. The Balaban J connectivity index is 2.11. The number of allylic oxidation sites excluding steroid dienone is 6. The zero-order valence-electron chi connectivity index (χ0n) is 20.9. The van der Waals surface area contributed by atoms with Gasteiger partial charge in [0.25, 0.3) is 0 Å². The molecule has 0 radical (unpaired) electrons. The summed E-state index contributed by atoms with van der Waals surface area (Å²) >= 11 is 0. The molecule has 36 heavy (non-hydrogen) atoms. The molecule has 0 heterocycles. The Morgan fingerprint density at radius 3 is 2.67 bits per heavy atom. The highest BCUT2D eigenvalue weighted by atomic mass is 17.2. The second-order valence-corrected chi connectivity index (χ2v) is 8.85. The number of unbranched alkanes of at least 4 members (excludes halogenated alkanes) is 5. The van der Waals surface area contributed by atoms with E-state index in [2.05, 4.69) is 36.1 Å². The van der Waals surface area contributed by atoms with E-state index in [1.807, 2.05) is 49.4 Å². The third kappa shape index (κ3) is 7.23. The van der Waals surface area contributed by atoms with Crippen molar-refractivity contribution in [2.45, 2.75) is 52.4 Å². The third-order valence-corrected chi connectivity index (χ3v) is 6.26. The van der Waals surface area contributed by atoms with Crippen LogP contribution in [-0.2, 0) is 4.89 Å². The number of hydrogen-bond acceptors (Lipinski definition) is 4. The topological polar surface area (TPSA) is 79.6 Å². The van der Waals surface area contributed by atoms with Crippen LogP contribution in [0.4, 0.5) is 0 Å². The molecule has 0 fully saturated rings. The predicted molar refractivity (Wildman–Crippen MR) is 142 cm³/mol. The maximum Gasteiger partial charge on any atom is 0.339 e. The molecule has 5 heteroatoms. The summed E-state index contributed by atoms with van der Waals surface area (Å²) in [5.74, 6) is -1.14. The van der Waals surface area contributed by atoms with Crippen LogP contribution in [-0.4, -0.2) is 11.1 Å². The van der Waals surface area contributed by atoms with Crippen LogP contribution in [0, 0.1) is 24.4 Å². The Hall–Kier alpha value is -4.04. The van der Waals surface area contributed by atoms with E-state index in [-0.39, 0.29) is 17.2 Å². The molecule has 1 aliphatic carbocycles. The van der Waals surface area contributed by atoms with E-state index >= 15 is 0 Å². The second kappa shape index (κ2) is 13.7. The molecule has 1 atom stereocenters. The normalized spacial score (nSPS) is 16.8. The van der Waals surface area contributed by atoms with Crippen LogP contribution in [0.15, 0.2) is 72.4 Å². The fourth-order valence-corrected chi connectivity index (χ4v) is 4.27. The molecule has 0 aromatic heterocycles. The Kier molecular flexibility index (Phi) is 10.1. The first-order valence-corrected chi connectivity index (χ1v) is 12.5. The molecule has 2 aromatic rings. The molecular weight excluding hydrogens is 450 g/mol. The van der Waals surface area contributed by atoms with Crippen molar-refractivity contribution in [2.75, 3.05) is 0 Å². The average molecular weight is 484 g/mol. The summed E-state index contributed by atoms with van der Waals surface area (Å²) in [6.45, 7) is 4.21. The lowest BCUT2D eigenvalue weighted by Crippen LogP contribution is -2.30. The van der Waals surface area contributed by atoms with E-state index in [1.165, 1.54) is 43.6 Å². The van der Waals surface area contributed by atoms with Gasteiger partial charge in [-0.2, -0.15) is 0 Å². The molecule has 0 saturated carbocycles. The number of carbonyl (C=O) groups is 1. The molecule has 1 aliphatic rings. The van der Waals surface area contributed by atoms with Crippen molar-refractivity contribution >= 4 is 18.1 Å². The fourth-order valence-electron chi connectivity index (χ4n) is 4.27. The average Bonchev–Trinajstić information content (AvgIpc) is 2.88. The van der Waals surface area contributed by atoms with Gasteiger partial charge in [-0.15, -0.1) is 5.26 Å². The summed E-state index contributed by atoms with van der Waals surface area (Å²) in [5, 5.41) is 20.0. The van der Waals surface area contributed by atoms with Gasteiger partial charge in [0, 0.05) is 11.1 Å². The van der Waals surface area contributed by atoms with E-state index in [9.17, 15) is 9.90 Å². The standard InChI is InChI=1S/C31H33NO4/c1-3-4-5-6-7-8-14-24-15-11-12-17-26(24)20-27-18-19-28(31(33)34)30(36-35-22-32)29(27)21-25-16-10-9-13-23(25)2/h9-21,26H,3-8H2,1-2H3,(H,33,34). The van der Waals surface area contributed by atoms with E-state index in [0.29, 0.717) is 5.22 Å². The van der Waals surface area contributed by atoms with E-state index in [1.54, 1.807) is 6.07 Å². The first-order valence-electron chi connectivity index (χ1n) is 12.5. The van der Waals surface area contributed by atoms with Crippen LogP contribution in [0.5, 0.6) is 5.75 Å². The highest BCUT2D eigenvalue weighted by molar-refractivity contribution is 5.91. The van der Waals surface area contributed by atoms with Gasteiger partial charge < -0.3 is 5.11 Å². The highest BCUT2D eigenvalue weighted by Gasteiger charge is 2.17. The van der Waals surface area contributed by atoms with E-state index < -0.39 is 5.97 Å². The fraction of sp³-hybridized carbons (Fsp3) is 0.290. The zero-order valence-corrected chi connectivity index (χ0v) is 20.9. The Labute approximate surface area is 212 Å². The quantitative estimate of drug-likeness (QED) is 0.180. The minimum Gasteiger partial charge on any atom is -0.478 e. The maximum atomic E-state index is 12.0. The van der Waals surface area contributed by atoms with Gasteiger partial charge in [0.1, 0.15) is 5.56 Å². The van der Waals surface area contributed by atoms with Gasteiger partial charge in [0.15, 0.2) is 0 Å². The number of aromatic carboxylic acids is 1. The van der Waals surface area contributed by atoms with Gasteiger partial charge >= 0.3 is 12.2 Å². The molecule has 1 unspecified atom stereocenters. The van der Waals surface area contributed by atoms with Crippen LogP contribution in [0.25, 0.3) is 12.2 Å². The van der Waals surface area contributed by atoms with E-state index in [4.69, 9.17) is 10.1 Å². The minimum atomic E-state index is -1.17. The van der Waals surface area contributed by atoms with Crippen molar-refractivity contribution in [2.24, 2.45) is 5.92 Å². The molecule has 0 bridgehead atoms. The number of benzene rings is 2. The smallest absolute Gasteiger partial charge is 0.339 e. The molecule has 0 saturated heterocycles. The number of nitrogens with zero attached hydrogens (tertiary/aromatic N) is 1. The molecule has 186 valence electrons. The van der Waals surface area contributed by atoms with Gasteiger partial charge in [0.2, 0.25) is 5.75 Å². The number of rotatable bonds is 11. The number of carboxylic acid groups (broad SMARTS) is 1. The summed E-state index contributed by atoms with van der Waals surface area (Å²) in [5.41, 5.74) is 3.07. The molecule has 0 aliphatic heterocycles. The number of nitriles is 1. The van der Waals surface area contributed by atoms with Crippen molar-refractivity contribution in [1.82, 2.24) is 0 Å². The molecular formula is C31H33NO4. The van der Waals surface area contributed by atoms with Gasteiger partial charge in [-0.3, -0.25) is 4.89 Å². The number of carboxylic acids is 1. The molecule has 0 amide bonds.